The quantitative estimate of drug-likeness (QED) is 0.673. The molecule has 1 aliphatic carbocycles. The van der Waals surface area contributed by atoms with E-state index in [-0.39, 0.29) is 5.91 Å². The van der Waals surface area contributed by atoms with E-state index in [1.165, 1.54) is 6.92 Å². The van der Waals surface area contributed by atoms with Crippen molar-refractivity contribution in [2.24, 2.45) is 0 Å². The summed E-state index contributed by atoms with van der Waals surface area (Å²) in [5.41, 5.74) is -0.658. The topological polar surface area (TPSA) is 73.1 Å². The Kier molecular flexibility index (Phi) is 3.05. The van der Waals surface area contributed by atoms with E-state index < -0.39 is 12.1 Å². The van der Waals surface area contributed by atoms with E-state index in [1.807, 2.05) is 12.1 Å². The zero-order valence-corrected chi connectivity index (χ0v) is 7.95. The predicted molar refractivity (Wildman–Crippen MR) is 51.1 cm³/mol. The summed E-state index contributed by atoms with van der Waals surface area (Å²) in [6, 6.07) is 1.85. The molecule has 1 atom stereocenters. The first kappa shape index (κ1) is 10.5. The SMILES string of the molecule is CC(C#N)(CO)NC(=O)C1=CCC=C1. The van der Waals surface area contributed by atoms with Gasteiger partial charge < -0.3 is 10.4 Å². The van der Waals surface area contributed by atoms with E-state index >= 15 is 0 Å². The van der Waals surface area contributed by atoms with Crippen LogP contribution in [-0.4, -0.2) is 23.2 Å². The highest BCUT2D eigenvalue weighted by Crippen LogP contribution is 2.10. The molecule has 1 aliphatic rings. The molecule has 14 heavy (non-hydrogen) atoms. The monoisotopic (exact) mass is 192 g/mol. The summed E-state index contributed by atoms with van der Waals surface area (Å²) in [6.45, 7) is 1.08. The lowest BCUT2D eigenvalue weighted by molar-refractivity contribution is -0.118. The molecule has 0 aromatic carbocycles. The molecule has 0 aromatic heterocycles. The number of allylic oxidation sites excluding steroid dienone is 2. The molecule has 1 amide bonds. The average molecular weight is 192 g/mol. The van der Waals surface area contributed by atoms with Gasteiger partial charge in [-0.05, 0) is 13.3 Å². The second-order valence-corrected chi connectivity index (χ2v) is 3.35. The molecule has 0 bridgehead atoms. The number of carbonyl (C=O) groups is 1. The molecule has 1 unspecified atom stereocenters. The smallest absolute Gasteiger partial charge is 0.252 e. The number of amides is 1. The second-order valence-electron chi connectivity index (χ2n) is 3.35. The lowest BCUT2D eigenvalue weighted by Crippen LogP contribution is -2.48. The Bertz CT molecular complexity index is 339. The minimum absolute atomic E-state index is 0.322. The molecular weight excluding hydrogens is 180 g/mol. The van der Waals surface area contributed by atoms with Crippen LogP contribution in [0.1, 0.15) is 13.3 Å². The first-order valence-electron chi connectivity index (χ1n) is 4.32. The van der Waals surface area contributed by atoms with Gasteiger partial charge in [0.05, 0.1) is 12.7 Å². The van der Waals surface area contributed by atoms with E-state index in [0.29, 0.717) is 5.57 Å². The molecule has 0 heterocycles. The van der Waals surface area contributed by atoms with Crippen LogP contribution in [0.3, 0.4) is 0 Å². The van der Waals surface area contributed by atoms with Crippen molar-refractivity contribution in [3.63, 3.8) is 0 Å². The van der Waals surface area contributed by atoms with Gasteiger partial charge in [-0.15, -0.1) is 0 Å². The molecule has 1 rings (SSSR count). The number of hydrogen-bond donors (Lipinski definition) is 2. The maximum Gasteiger partial charge on any atom is 0.252 e. The molecule has 0 aromatic rings. The summed E-state index contributed by atoms with van der Waals surface area (Å²) in [5, 5.41) is 20.1. The van der Waals surface area contributed by atoms with Gasteiger partial charge in [-0.3, -0.25) is 4.79 Å². The summed E-state index contributed by atoms with van der Waals surface area (Å²) in [5.74, 6) is -0.322. The van der Waals surface area contributed by atoms with Crippen molar-refractivity contribution >= 4 is 5.91 Å². The van der Waals surface area contributed by atoms with Crippen LogP contribution < -0.4 is 5.32 Å². The van der Waals surface area contributed by atoms with Gasteiger partial charge in [0.25, 0.3) is 5.91 Å². The van der Waals surface area contributed by atoms with Gasteiger partial charge in [-0.25, -0.2) is 0 Å². The minimum atomic E-state index is -1.20. The van der Waals surface area contributed by atoms with E-state index in [4.69, 9.17) is 10.4 Å². The van der Waals surface area contributed by atoms with Gasteiger partial charge in [0.15, 0.2) is 0 Å². The molecule has 0 radical (unpaired) electrons. The van der Waals surface area contributed by atoms with Crippen LogP contribution in [0.15, 0.2) is 23.8 Å². The number of aliphatic hydroxyl groups excluding tert-OH is 1. The van der Waals surface area contributed by atoms with Gasteiger partial charge in [0.1, 0.15) is 5.54 Å². The molecule has 0 aliphatic heterocycles. The number of rotatable bonds is 3. The Morgan fingerprint density at radius 3 is 3.00 bits per heavy atom. The van der Waals surface area contributed by atoms with Gasteiger partial charge in [-0.1, -0.05) is 18.2 Å². The third-order valence-corrected chi connectivity index (χ3v) is 1.99. The van der Waals surface area contributed by atoms with Crippen LogP contribution in [0.2, 0.25) is 0 Å². The summed E-state index contributed by atoms with van der Waals surface area (Å²) in [6.07, 6.45) is 6.07. The van der Waals surface area contributed by atoms with Gasteiger partial charge >= 0.3 is 0 Å². The largest absolute Gasteiger partial charge is 0.393 e. The number of nitrogens with zero attached hydrogens (tertiary/aromatic N) is 1. The molecule has 0 spiro atoms. The van der Waals surface area contributed by atoms with Crippen LogP contribution in [0.4, 0.5) is 0 Å². The normalized spacial score (nSPS) is 18.2. The molecule has 0 saturated carbocycles. The first-order valence-corrected chi connectivity index (χ1v) is 4.32. The van der Waals surface area contributed by atoms with Crippen molar-refractivity contribution in [3.05, 3.63) is 23.8 Å². The zero-order chi connectivity index (χ0) is 10.6. The number of nitrogens with one attached hydrogen (secondary N) is 1. The standard InChI is InChI=1S/C10H12N2O2/c1-10(6-11,7-13)12-9(14)8-4-2-3-5-8/h2,4-5,13H,3,7H2,1H3,(H,12,14). The fourth-order valence-corrected chi connectivity index (χ4v) is 1.05. The number of hydrogen-bond acceptors (Lipinski definition) is 3. The van der Waals surface area contributed by atoms with Gasteiger partial charge in [0, 0.05) is 5.57 Å². The molecule has 0 fully saturated rings. The van der Waals surface area contributed by atoms with Crippen molar-refractivity contribution in [2.75, 3.05) is 6.61 Å². The summed E-state index contributed by atoms with van der Waals surface area (Å²) in [4.78, 5) is 11.5. The predicted octanol–water partition coefficient (Wildman–Crippen LogP) is 0.263. The minimum Gasteiger partial charge on any atom is -0.393 e. The Labute approximate surface area is 82.5 Å². The highest BCUT2D eigenvalue weighted by Gasteiger charge is 2.26. The highest BCUT2D eigenvalue weighted by atomic mass is 16.3. The van der Waals surface area contributed by atoms with Crippen LogP contribution in [-0.2, 0) is 4.79 Å². The van der Waals surface area contributed by atoms with Crippen LogP contribution in [0.25, 0.3) is 0 Å². The van der Waals surface area contributed by atoms with Gasteiger partial charge in [-0.2, -0.15) is 5.26 Å². The Hall–Kier alpha value is -1.60. The van der Waals surface area contributed by atoms with Crippen molar-refractivity contribution in [2.45, 2.75) is 18.9 Å². The van der Waals surface area contributed by atoms with E-state index in [1.54, 1.807) is 12.2 Å². The van der Waals surface area contributed by atoms with Crippen molar-refractivity contribution in [1.29, 1.82) is 5.26 Å². The van der Waals surface area contributed by atoms with Crippen molar-refractivity contribution < 1.29 is 9.90 Å². The number of carbonyl (C=O) groups excluding carboxylic acids is 1. The molecule has 74 valence electrons. The van der Waals surface area contributed by atoms with E-state index in [0.717, 1.165) is 6.42 Å². The third-order valence-electron chi connectivity index (χ3n) is 1.99. The number of nitriles is 1. The zero-order valence-electron chi connectivity index (χ0n) is 7.95. The van der Waals surface area contributed by atoms with Crippen LogP contribution >= 0.6 is 0 Å². The van der Waals surface area contributed by atoms with Crippen LogP contribution in [0, 0.1) is 11.3 Å². The maximum absolute atomic E-state index is 11.5. The molecule has 4 heteroatoms. The molecule has 0 saturated heterocycles. The van der Waals surface area contributed by atoms with E-state index in [2.05, 4.69) is 5.32 Å². The lowest BCUT2D eigenvalue weighted by Gasteiger charge is -2.20. The molecule has 4 nitrogen and oxygen atoms in total. The second kappa shape index (κ2) is 4.07. The van der Waals surface area contributed by atoms with E-state index in [9.17, 15) is 4.79 Å². The lowest BCUT2D eigenvalue weighted by atomic mass is 10.1. The maximum atomic E-state index is 11.5. The Morgan fingerprint density at radius 1 is 1.86 bits per heavy atom. The van der Waals surface area contributed by atoms with Crippen molar-refractivity contribution in [1.82, 2.24) is 5.32 Å². The molecular formula is C10H12N2O2. The Morgan fingerprint density at radius 2 is 2.57 bits per heavy atom. The van der Waals surface area contributed by atoms with Crippen LogP contribution in [0.5, 0.6) is 0 Å². The average Bonchev–Trinajstić information content (AvgIpc) is 2.70. The van der Waals surface area contributed by atoms with Gasteiger partial charge in [0.2, 0.25) is 0 Å². The molecule has 2 N–H and O–H groups in total. The fourth-order valence-electron chi connectivity index (χ4n) is 1.05. The summed E-state index contributed by atoms with van der Waals surface area (Å²) in [7, 11) is 0. The summed E-state index contributed by atoms with van der Waals surface area (Å²) >= 11 is 0. The number of aliphatic hydroxyl groups is 1. The Balaban J connectivity index is 2.65. The highest BCUT2D eigenvalue weighted by molar-refractivity contribution is 5.97. The van der Waals surface area contributed by atoms with Crippen molar-refractivity contribution in [3.8, 4) is 6.07 Å². The first-order chi connectivity index (χ1) is 6.61. The summed E-state index contributed by atoms with van der Waals surface area (Å²) < 4.78 is 0. The third kappa shape index (κ3) is 2.21. The fraction of sp³-hybridized carbons (Fsp3) is 0.400.